The number of phenols is 1. The Morgan fingerprint density at radius 1 is 1.03 bits per heavy atom. The minimum atomic E-state index is -0.394. The highest BCUT2D eigenvalue weighted by atomic mass is 32.2. The van der Waals surface area contributed by atoms with Gasteiger partial charge in [0.15, 0.2) is 0 Å². The Kier molecular flexibility index (Phi) is 5.75. The summed E-state index contributed by atoms with van der Waals surface area (Å²) in [6, 6.07) is 16.2. The molecule has 0 saturated carbocycles. The fraction of sp³-hybridized carbons (Fsp3) is 0.0435. The van der Waals surface area contributed by atoms with E-state index in [2.05, 4.69) is 16.0 Å². The third-order valence-corrected chi connectivity index (χ3v) is 5.56. The molecule has 0 radical (unpaired) electrons. The van der Waals surface area contributed by atoms with Crippen LogP contribution in [0.5, 0.6) is 5.75 Å². The molecule has 2 aromatic heterocycles. The smallest absolute Gasteiger partial charge is 0.226 e. The summed E-state index contributed by atoms with van der Waals surface area (Å²) in [5, 5.41) is 29.3. The van der Waals surface area contributed by atoms with Crippen LogP contribution in [0.1, 0.15) is 16.8 Å². The normalized spacial score (nSPS) is 10.5. The molecule has 7 nitrogen and oxygen atoms in total. The number of hydrogen-bond acceptors (Lipinski definition) is 8. The first-order valence-electron chi connectivity index (χ1n) is 9.26. The highest BCUT2D eigenvalue weighted by molar-refractivity contribution is 7.98. The van der Waals surface area contributed by atoms with E-state index < -0.39 is 5.82 Å². The Morgan fingerprint density at radius 3 is 2.47 bits per heavy atom. The minimum Gasteiger partial charge on any atom is -0.508 e. The van der Waals surface area contributed by atoms with Crippen molar-refractivity contribution >= 4 is 17.6 Å². The number of aromatic hydroxyl groups is 1. The van der Waals surface area contributed by atoms with Crippen molar-refractivity contribution in [2.45, 2.75) is 10.8 Å². The Balaban J connectivity index is 1.67. The van der Waals surface area contributed by atoms with Gasteiger partial charge in [-0.3, -0.25) is 0 Å². The molecule has 4 rings (SSSR count). The van der Waals surface area contributed by atoms with E-state index in [0.29, 0.717) is 33.2 Å². The van der Waals surface area contributed by atoms with Crippen molar-refractivity contribution in [2.75, 3.05) is 5.73 Å². The SMILES string of the molecule is N#Cc1c(N)nc(SCc2coc(-c3cccc(F)c3)n2)c(C#N)c1-c1ccc(O)cc1. The molecule has 4 aromatic rings. The maximum absolute atomic E-state index is 13.5. The van der Waals surface area contributed by atoms with Gasteiger partial charge in [-0.2, -0.15) is 10.5 Å². The Hall–Kier alpha value is -4.34. The third-order valence-electron chi connectivity index (χ3n) is 4.55. The zero-order valence-electron chi connectivity index (χ0n) is 16.4. The maximum Gasteiger partial charge on any atom is 0.226 e. The largest absolute Gasteiger partial charge is 0.508 e. The third kappa shape index (κ3) is 4.10. The van der Waals surface area contributed by atoms with Crippen molar-refractivity contribution in [1.82, 2.24) is 9.97 Å². The van der Waals surface area contributed by atoms with Gasteiger partial charge in [-0.15, -0.1) is 0 Å². The molecule has 0 aliphatic heterocycles. The summed E-state index contributed by atoms with van der Waals surface area (Å²) in [6.07, 6.45) is 1.45. The lowest BCUT2D eigenvalue weighted by atomic mass is 9.97. The molecule has 0 atom stereocenters. The average molecular weight is 443 g/mol. The summed E-state index contributed by atoms with van der Waals surface area (Å²) in [5.74, 6) is 0.244. The first-order chi connectivity index (χ1) is 15.5. The van der Waals surface area contributed by atoms with Gasteiger partial charge in [0, 0.05) is 16.9 Å². The number of nitrogens with two attached hydrogens (primary N) is 1. The number of rotatable bonds is 5. The van der Waals surface area contributed by atoms with Crippen LogP contribution in [0.3, 0.4) is 0 Å². The standard InChI is InChI=1S/C23H14FN5O2S/c24-15-3-1-2-14(8-15)22-28-16(11-31-22)12-32-23-19(10-26)20(18(9-25)21(27)29-23)13-4-6-17(30)7-5-13/h1-8,11,30H,12H2,(H2,27,29). The van der Waals surface area contributed by atoms with Crippen LogP contribution >= 0.6 is 11.8 Å². The van der Waals surface area contributed by atoms with Gasteiger partial charge in [-0.1, -0.05) is 30.0 Å². The number of aromatic nitrogens is 2. The zero-order valence-corrected chi connectivity index (χ0v) is 17.2. The lowest BCUT2D eigenvalue weighted by molar-refractivity contribution is 0.475. The van der Waals surface area contributed by atoms with Crippen molar-refractivity contribution in [2.24, 2.45) is 0 Å². The maximum atomic E-state index is 13.5. The van der Waals surface area contributed by atoms with Gasteiger partial charge in [0.25, 0.3) is 0 Å². The molecule has 0 bridgehead atoms. The van der Waals surface area contributed by atoms with Crippen molar-refractivity contribution in [1.29, 1.82) is 10.5 Å². The predicted octanol–water partition coefficient (Wildman–Crippen LogP) is 4.87. The molecule has 0 amide bonds. The molecule has 0 aliphatic rings. The molecule has 0 spiro atoms. The van der Waals surface area contributed by atoms with E-state index in [4.69, 9.17) is 10.2 Å². The topological polar surface area (TPSA) is 133 Å². The van der Waals surface area contributed by atoms with E-state index in [0.717, 1.165) is 0 Å². The summed E-state index contributed by atoms with van der Waals surface area (Å²) < 4.78 is 18.9. The quantitative estimate of drug-likeness (QED) is 0.418. The van der Waals surface area contributed by atoms with Gasteiger partial charge >= 0.3 is 0 Å². The van der Waals surface area contributed by atoms with Crippen LogP contribution in [0.25, 0.3) is 22.6 Å². The van der Waals surface area contributed by atoms with Crippen molar-refractivity contribution in [3.8, 4) is 40.5 Å². The van der Waals surface area contributed by atoms with Gasteiger partial charge in [-0.05, 0) is 35.9 Å². The highest BCUT2D eigenvalue weighted by Crippen LogP contribution is 2.37. The number of thioether (sulfide) groups is 1. The fourth-order valence-corrected chi connectivity index (χ4v) is 3.96. The van der Waals surface area contributed by atoms with Crippen LogP contribution < -0.4 is 5.73 Å². The molecule has 0 aliphatic carbocycles. The number of oxazole rings is 1. The number of nitrogens with zero attached hydrogens (tertiary/aromatic N) is 4. The molecule has 9 heteroatoms. The second-order valence-corrected chi connectivity index (χ2v) is 7.60. The first-order valence-corrected chi connectivity index (χ1v) is 10.2. The number of hydrogen-bond donors (Lipinski definition) is 2. The molecule has 156 valence electrons. The van der Waals surface area contributed by atoms with Crippen LogP contribution in [0.2, 0.25) is 0 Å². The molecule has 3 N–H and O–H groups in total. The zero-order chi connectivity index (χ0) is 22.7. The average Bonchev–Trinajstić information content (AvgIpc) is 3.27. The molecular weight excluding hydrogens is 429 g/mol. The summed E-state index contributed by atoms with van der Waals surface area (Å²) in [4.78, 5) is 8.61. The van der Waals surface area contributed by atoms with Crippen LogP contribution in [0, 0.1) is 28.5 Å². The van der Waals surface area contributed by atoms with Crippen molar-refractivity contribution in [3.63, 3.8) is 0 Å². The van der Waals surface area contributed by atoms with Crippen LogP contribution in [0.4, 0.5) is 10.2 Å². The van der Waals surface area contributed by atoms with E-state index in [1.807, 2.05) is 6.07 Å². The number of nitrogen functional groups attached to an aromatic ring is 1. The molecule has 0 fully saturated rings. The first kappa shape index (κ1) is 20.9. The number of pyridine rings is 1. The van der Waals surface area contributed by atoms with E-state index in [1.54, 1.807) is 24.3 Å². The lowest BCUT2D eigenvalue weighted by Crippen LogP contribution is -2.03. The molecule has 0 saturated heterocycles. The molecule has 2 heterocycles. The van der Waals surface area contributed by atoms with Gasteiger partial charge in [0.2, 0.25) is 5.89 Å². The second-order valence-electron chi connectivity index (χ2n) is 6.64. The summed E-state index contributed by atoms with van der Waals surface area (Å²) >= 11 is 1.21. The van der Waals surface area contributed by atoms with Crippen LogP contribution in [0.15, 0.2) is 64.2 Å². The van der Waals surface area contributed by atoms with Crippen LogP contribution in [-0.2, 0) is 5.75 Å². The predicted molar refractivity (Wildman–Crippen MR) is 117 cm³/mol. The summed E-state index contributed by atoms with van der Waals surface area (Å²) in [5.41, 5.74) is 8.28. The monoisotopic (exact) mass is 443 g/mol. The molecular formula is C23H14FN5O2S. The number of anilines is 1. The highest BCUT2D eigenvalue weighted by Gasteiger charge is 2.21. The Bertz CT molecular complexity index is 1390. The fourth-order valence-electron chi connectivity index (χ4n) is 3.09. The Morgan fingerprint density at radius 2 is 1.78 bits per heavy atom. The Labute approximate surface area is 186 Å². The van der Waals surface area contributed by atoms with Gasteiger partial charge < -0.3 is 15.3 Å². The minimum absolute atomic E-state index is 0.00215. The van der Waals surface area contributed by atoms with Crippen molar-refractivity contribution < 1.29 is 13.9 Å². The summed E-state index contributed by atoms with van der Waals surface area (Å²) in [7, 11) is 0. The number of nitriles is 2. The van der Waals surface area contributed by atoms with E-state index in [9.17, 15) is 20.0 Å². The molecule has 32 heavy (non-hydrogen) atoms. The van der Waals surface area contributed by atoms with E-state index >= 15 is 0 Å². The van der Waals surface area contributed by atoms with Gasteiger partial charge in [-0.25, -0.2) is 14.4 Å². The molecule has 0 unspecified atom stereocenters. The second kappa shape index (κ2) is 8.80. The van der Waals surface area contributed by atoms with E-state index in [1.165, 1.54) is 42.3 Å². The van der Waals surface area contributed by atoms with Gasteiger partial charge in [0.1, 0.15) is 46.4 Å². The van der Waals surface area contributed by atoms with Crippen molar-refractivity contribution in [3.05, 3.63) is 77.4 Å². The molecule has 2 aromatic carbocycles. The number of halogens is 1. The number of phenolic OH excluding ortho intramolecular Hbond substituents is 1. The van der Waals surface area contributed by atoms with Gasteiger partial charge in [0.05, 0.1) is 11.3 Å². The van der Waals surface area contributed by atoms with Crippen LogP contribution in [-0.4, -0.2) is 15.1 Å². The lowest BCUT2D eigenvalue weighted by Gasteiger charge is -2.12. The summed E-state index contributed by atoms with van der Waals surface area (Å²) in [6.45, 7) is 0. The number of benzene rings is 2. The van der Waals surface area contributed by atoms with E-state index in [-0.39, 0.29) is 28.6 Å².